The summed E-state index contributed by atoms with van der Waals surface area (Å²) in [6.45, 7) is 12.5. The molecule has 0 aromatic carbocycles. The number of phosphoric acid groups is 2. The maximum atomic E-state index is 11.3. The zero-order chi connectivity index (χ0) is 32.2. The third-order valence-electron chi connectivity index (χ3n) is 5.15. The van der Waals surface area contributed by atoms with E-state index in [0.717, 1.165) is 25.9 Å². The number of hydrogen-bond acceptors (Lipinski definition) is 13. The highest BCUT2D eigenvalue weighted by atomic mass is 31.2. The summed E-state index contributed by atoms with van der Waals surface area (Å²) >= 11 is 0. The van der Waals surface area contributed by atoms with Gasteiger partial charge < -0.3 is 57.6 Å². The molecule has 0 spiro atoms. The summed E-state index contributed by atoms with van der Waals surface area (Å²) in [4.78, 5) is 22.6. The molecule has 0 aromatic heterocycles. The fourth-order valence-corrected chi connectivity index (χ4v) is 3.63. The second-order valence-corrected chi connectivity index (χ2v) is 13.2. The van der Waals surface area contributed by atoms with Gasteiger partial charge in [-0.05, 0) is 25.9 Å². The van der Waals surface area contributed by atoms with E-state index in [2.05, 4.69) is 15.2 Å². The van der Waals surface area contributed by atoms with Crippen LogP contribution >= 0.6 is 15.6 Å². The van der Waals surface area contributed by atoms with Crippen LogP contribution in [0.4, 0.5) is 0 Å². The number of nitrogens with one attached hydrogen (secondary N) is 2. The average Bonchev–Trinajstić information content (AvgIpc) is 2.90. The Morgan fingerprint density at radius 3 is 1.49 bits per heavy atom. The van der Waals surface area contributed by atoms with Crippen LogP contribution in [0.25, 0.3) is 0 Å². The molecule has 0 aliphatic heterocycles. The van der Waals surface area contributed by atoms with Crippen molar-refractivity contribution in [1.29, 1.82) is 0 Å². The number of phosphoric ester groups is 2. The molecule has 16 heteroatoms. The van der Waals surface area contributed by atoms with Crippen LogP contribution in [0.3, 0.4) is 0 Å². The lowest BCUT2D eigenvalue weighted by Gasteiger charge is -2.27. The largest absolute Gasteiger partial charge is 0.756 e. The topological polar surface area (TPSA) is 180 Å². The lowest BCUT2D eigenvalue weighted by molar-refractivity contribution is -0.870. The summed E-state index contributed by atoms with van der Waals surface area (Å²) in [7, 11) is 1.32. The summed E-state index contributed by atoms with van der Waals surface area (Å²) in [6, 6.07) is 0. The molecule has 4 atom stereocenters. The zero-order valence-corrected chi connectivity index (χ0v) is 28.7. The van der Waals surface area contributed by atoms with Gasteiger partial charge in [0.2, 0.25) is 0 Å². The quantitative estimate of drug-likeness (QED) is 0.0780. The minimum absolute atomic E-state index is 0.00893. The minimum Gasteiger partial charge on any atom is -0.756 e. The molecule has 14 nitrogen and oxygen atoms in total. The highest BCUT2D eigenvalue weighted by Crippen LogP contribution is 2.39. The Bertz CT molecular complexity index is 653. The van der Waals surface area contributed by atoms with Crippen molar-refractivity contribution in [3.8, 4) is 0 Å². The molecule has 3 N–H and O–H groups in total. The Balaban J connectivity index is -0.000000562. The van der Waals surface area contributed by atoms with E-state index in [9.17, 15) is 18.9 Å². The Kier molecular flexibility index (Phi) is 31.8. The van der Waals surface area contributed by atoms with Crippen LogP contribution in [0, 0.1) is 11.8 Å². The first-order valence-corrected chi connectivity index (χ1v) is 17.1. The average molecular weight is 641 g/mol. The summed E-state index contributed by atoms with van der Waals surface area (Å²) in [5.41, 5.74) is 0. The maximum Gasteiger partial charge on any atom is 0.268 e. The van der Waals surface area contributed by atoms with Crippen molar-refractivity contribution in [1.82, 2.24) is 10.6 Å². The van der Waals surface area contributed by atoms with Gasteiger partial charge in [0.25, 0.3) is 15.6 Å². The molecule has 0 radical (unpaired) electrons. The standard InChI is InChI=1S/C10H24NO5P.C10H24NO4P.C5H13NO2/c1-4-10(2)9-16-17(12,13)15-8-7-14-6-5-11-3;1-6-10(2)9-15-16(12,13)14-8-7-11(3,4)5;1-6-2-4-8-5-3-7/h10-11H,4-9H2,1-3H3,(H,12,13);10H,6-9H2,1-5H3;6-7H,2-5H2,1H3/p-1. The molecule has 0 fully saturated rings. The Morgan fingerprint density at radius 2 is 1.12 bits per heavy atom. The fourth-order valence-electron chi connectivity index (χ4n) is 2.00. The predicted molar refractivity (Wildman–Crippen MR) is 157 cm³/mol. The second kappa shape index (κ2) is 28.7. The van der Waals surface area contributed by atoms with Crippen LogP contribution in [-0.2, 0) is 36.7 Å². The highest BCUT2D eigenvalue weighted by molar-refractivity contribution is 7.46. The Morgan fingerprint density at radius 1 is 0.707 bits per heavy atom. The first-order chi connectivity index (χ1) is 19.1. The summed E-state index contributed by atoms with van der Waals surface area (Å²) in [6.07, 6.45) is 1.76. The van der Waals surface area contributed by atoms with Gasteiger partial charge in [-0.3, -0.25) is 9.13 Å². The second-order valence-electron chi connectivity index (χ2n) is 10.3. The fraction of sp³-hybridized carbons (Fsp3) is 1.00. The van der Waals surface area contributed by atoms with Gasteiger partial charge in [0.1, 0.15) is 13.2 Å². The zero-order valence-electron chi connectivity index (χ0n) is 26.9. The lowest BCUT2D eigenvalue weighted by Crippen LogP contribution is -2.37. The lowest BCUT2D eigenvalue weighted by atomic mass is 10.1. The maximum absolute atomic E-state index is 11.3. The molecule has 0 bridgehead atoms. The van der Waals surface area contributed by atoms with E-state index < -0.39 is 15.6 Å². The van der Waals surface area contributed by atoms with Gasteiger partial charge in [-0.1, -0.05) is 40.5 Å². The minimum atomic E-state index is -4.16. The third kappa shape index (κ3) is 40.0. The van der Waals surface area contributed by atoms with Crippen molar-refractivity contribution >= 4 is 15.6 Å². The van der Waals surface area contributed by atoms with Gasteiger partial charge in [0, 0.05) is 13.1 Å². The van der Waals surface area contributed by atoms with E-state index in [1.165, 1.54) is 0 Å². The first kappa shape index (κ1) is 45.4. The number of rotatable bonds is 24. The van der Waals surface area contributed by atoms with E-state index in [1.807, 2.05) is 62.9 Å². The molecule has 0 rings (SSSR count). The number of aliphatic hydroxyl groups is 1. The third-order valence-corrected chi connectivity index (χ3v) is 7.07. The number of aliphatic hydroxyl groups excluding tert-OH is 1. The van der Waals surface area contributed by atoms with E-state index in [4.69, 9.17) is 28.2 Å². The van der Waals surface area contributed by atoms with Gasteiger partial charge >= 0.3 is 0 Å². The van der Waals surface area contributed by atoms with Crippen LogP contribution in [0.5, 0.6) is 0 Å². The summed E-state index contributed by atoms with van der Waals surface area (Å²) in [5, 5.41) is 14.0. The van der Waals surface area contributed by atoms with Crippen LogP contribution in [0.2, 0.25) is 0 Å². The van der Waals surface area contributed by atoms with Crippen molar-refractivity contribution in [2.24, 2.45) is 11.8 Å². The molecule has 4 unspecified atom stereocenters. The van der Waals surface area contributed by atoms with Crippen molar-refractivity contribution in [2.45, 2.75) is 40.5 Å². The van der Waals surface area contributed by atoms with Crippen LogP contribution in [0.15, 0.2) is 0 Å². The van der Waals surface area contributed by atoms with Crippen LogP contribution < -0.4 is 20.4 Å². The predicted octanol–water partition coefficient (Wildman–Crippen LogP) is 1.23. The van der Waals surface area contributed by atoms with Crippen LogP contribution in [0.1, 0.15) is 40.5 Å². The highest BCUT2D eigenvalue weighted by Gasteiger charge is 2.14. The number of ether oxygens (including phenoxy) is 2. The molecule has 0 amide bonds. The van der Waals surface area contributed by atoms with Crippen molar-refractivity contribution in [3.63, 3.8) is 0 Å². The molecule has 0 saturated carbocycles. The molecule has 0 aliphatic rings. The van der Waals surface area contributed by atoms with Gasteiger partial charge in [-0.2, -0.15) is 0 Å². The molecule has 41 heavy (non-hydrogen) atoms. The van der Waals surface area contributed by atoms with Crippen molar-refractivity contribution in [2.75, 3.05) is 114 Å². The molecular weight excluding hydrogens is 580 g/mol. The van der Waals surface area contributed by atoms with Gasteiger partial charge in [-0.25, -0.2) is 0 Å². The monoisotopic (exact) mass is 640 g/mol. The van der Waals surface area contributed by atoms with E-state index in [-0.39, 0.29) is 51.5 Å². The molecule has 0 aromatic rings. The number of nitrogens with zero attached hydrogens (tertiary/aromatic N) is 1. The van der Waals surface area contributed by atoms with Gasteiger partial charge in [0.05, 0.1) is 74.0 Å². The van der Waals surface area contributed by atoms with Gasteiger partial charge in [0.15, 0.2) is 0 Å². The molecule has 0 saturated heterocycles. The number of hydrogen-bond donors (Lipinski definition) is 3. The van der Waals surface area contributed by atoms with Crippen LogP contribution in [-0.4, -0.2) is 124 Å². The smallest absolute Gasteiger partial charge is 0.268 e. The molecular formula is C25H60N3O11P2-. The number of quaternary nitrogens is 1. The number of likely N-dealkylation sites (N-methyl/N-ethyl adjacent to an activating group) is 3. The molecule has 0 heterocycles. The molecule has 0 aliphatic carbocycles. The Labute approximate surface area is 249 Å². The van der Waals surface area contributed by atoms with E-state index in [0.29, 0.717) is 30.8 Å². The van der Waals surface area contributed by atoms with Gasteiger partial charge in [-0.15, -0.1) is 0 Å². The van der Waals surface area contributed by atoms with E-state index in [1.54, 1.807) is 0 Å². The SMILES string of the molecule is CCC(C)COP(=O)([O-])OCCOCCNC.CCC(C)COP(=O)([O-])OCC[N+](C)(C)C.CNCCOCCO. The summed E-state index contributed by atoms with van der Waals surface area (Å²) < 4.78 is 52.1. The summed E-state index contributed by atoms with van der Waals surface area (Å²) in [5.74, 6) is 0.428. The van der Waals surface area contributed by atoms with E-state index >= 15 is 0 Å². The van der Waals surface area contributed by atoms with Crippen molar-refractivity contribution in [3.05, 3.63) is 0 Å². The first-order valence-electron chi connectivity index (χ1n) is 14.2. The Hall–Kier alpha value is -0.0200. The molecule has 252 valence electrons. The normalized spacial score (nSPS) is 15.9. The van der Waals surface area contributed by atoms with Crippen molar-refractivity contribution < 1.29 is 56.1 Å².